The van der Waals surface area contributed by atoms with Crippen LogP contribution in [0.2, 0.25) is 0 Å². The number of hydrogen-bond donors (Lipinski definition) is 1. The van der Waals surface area contributed by atoms with E-state index in [9.17, 15) is 0 Å². The molecule has 2 aromatic heterocycles. The molecule has 4 nitrogen and oxygen atoms in total. The van der Waals surface area contributed by atoms with Gasteiger partial charge in [-0.2, -0.15) is 0 Å². The van der Waals surface area contributed by atoms with Crippen molar-refractivity contribution in [2.45, 2.75) is 6.42 Å². The second-order valence-electron chi connectivity index (χ2n) is 2.60. The Bertz CT molecular complexity index is 346. The molecule has 62 valence electrons. The molecular formula is C8H10N4. The fourth-order valence-corrected chi connectivity index (χ4v) is 1.15. The Kier molecular flexibility index (Phi) is 1.75. The number of nitrogens with zero attached hydrogens (tertiary/aromatic N) is 3. The summed E-state index contributed by atoms with van der Waals surface area (Å²) >= 11 is 0. The third kappa shape index (κ3) is 1.16. The van der Waals surface area contributed by atoms with Crippen LogP contribution < -0.4 is 5.73 Å². The minimum Gasteiger partial charge on any atom is -0.330 e. The lowest BCUT2D eigenvalue weighted by atomic mass is 10.3. The second-order valence-corrected chi connectivity index (χ2v) is 2.60. The van der Waals surface area contributed by atoms with Crippen molar-refractivity contribution in [2.75, 3.05) is 6.54 Å². The second kappa shape index (κ2) is 2.91. The molecule has 2 aromatic rings. The van der Waals surface area contributed by atoms with Crippen LogP contribution >= 0.6 is 0 Å². The molecule has 0 unspecified atom stereocenters. The molecule has 0 spiro atoms. The van der Waals surface area contributed by atoms with Crippen molar-refractivity contribution in [3.63, 3.8) is 0 Å². The van der Waals surface area contributed by atoms with E-state index in [2.05, 4.69) is 9.97 Å². The van der Waals surface area contributed by atoms with Crippen LogP contribution in [-0.2, 0) is 6.42 Å². The van der Waals surface area contributed by atoms with Crippen LogP contribution in [-0.4, -0.2) is 20.9 Å². The van der Waals surface area contributed by atoms with E-state index in [4.69, 9.17) is 5.73 Å². The Balaban J connectivity index is 2.47. The molecule has 2 N–H and O–H groups in total. The van der Waals surface area contributed by atoms with E-state index in [1.54, 1.807) is 6.20 Å². The summed E-state index contributed by atoms with van der Waals surface area (Å²) in [5.74, 6) is 0.737. The van der Waals surface area contributed by atoms with E-state index in [1.165, 1.54) is 0 Å². The molecule has 0 fully saturated rings. The highest BCUT2D eigenvalue weighted by Gasteiger charge is 1.99. The van der Waals surface area contributed by atoms with Crippen LogP contribution in [0.1, 0.15) is 5.69 Å². The average molecular weight is 162 g/mol. The number of imidazole rings is 1. The maximum absolute atomic E-state index is 5.41. The molecule has 0 amide bonds. The number of rotatable bonds is 2. The Labute approximate surface area is 70.1 Å². The summed E-state index contributed by atoms with van der Waals surface area (Å²) in [6, 6.07) is 1.88. The van der Waals surface area contributed by atoms with Crippen LogP contribution in [0.25, 0.3) is 5.78 Å². The van der Waals surface area contributed by atoms with E-state index in [-0.39, 0.29) is 0 Å². The van der Waals surface area contributed by atoms with E-state index in [1.807, 2.05) is 22.9 Å². The van der Waals surface area contributed by atoms with Gasteiger partial charge in [0.2, 0.25) is 5.78 Å². The molecule has 0 aromatic carbocycles. The van der Waals surface area contributed by atoms with Crippen molar-refractivity contribution in [3.05, 3.63) is 30.4 Å². The SMILES string of the molecule is NCCc1cn2cccnc2n1. The first-order valence-electron chi connectivity index (χ1n) is 3.89. The van der Waals surface area contributed by atoms with Gasteiger partial charge in [0, 0.05) is 25.0 Å². The van der Waals surface area contributed by atoms with E-state index in [0.717, 1.165) is 17.9 Å². The molecule has 0 saturated carbocycles. The molecule has 0 saturated heterocycles. The van der Waals surface area contributed by atoms with E-state index < -0.39 is 0 Å². The van der Waals surface area contributed by atoms with Gasteiger partial charge in [0.15, 0.2) is 0 Å². The van der Waals surface area contributed by atoms with Crippen LogP contribution in [0.5, 0.6) is 0 Å². The first kappa shape index (κ1) is 7.24. The quantitative estimate of drug-likeness (QED) is 0.687. The van der Waals surface area contributed by atoms with Crippen LogP contribution in [0.3, 0.4) is 0 Å². The van der Waals surface area contributed by atoms with Crippen molar-refractivity contribution in [1.82, 2.24) is 14.4 Å². The maximum atomic E-state index is 5.41. The zero-order valence-electron chi connectivity index (χ0n) is 6.64. The molecule has 2 rings (SSSR count). The summed E-state index contributed by atoms with van der Waals surface area (Å²) in [5.41, 5.74) is 6.41. The molecule has 0 bridgehead atoms. The highest BCUT2D eigenvalue weighted by Crippen LogP contribution is 2.01. The lowest BCUT2D eigenvalue weighted by Crippen LogP contribution is -2.02. The predicted octanol–water partition coefficient (Wildman–Crippen LogP) is 0.230. The standard InChI is InChI=1S/C8H10N4/c9-3-2-7-6-12-5-1-4-10-8(12)11-7/h1,4-6H,2-3,9H2. The van der Waals surface area contributed by atoms with Crippen molar-refractivity contribution in [3.8, 4) is 0 Å². The van der Waals surface area contributed by atoms with Gasteiger partial charge in [-0.25, -0.2) is 9.97 Å². The lowest BCUT2D eigenvalue weighted by molar-refractivity contribution is 0.936. The highest BCUT2D eigenvalue weighted by atomic mass is 15.1. The molecule has 12 heavy (non-hydrogen) atoms. The third-order valence-electron chi connectivity index (χ3n) is 1.69. The lowest BCUT2D eigenvalue weighted by Gasteiger charge is -1.86. The van der Waals surface area contributed by atoms with Gasteiger partial charge in [0.1, 0.15) is 0 Å². The normalized spacial score (nSPS) is 10.8. The first-order valence-corrected chi connectivity index (χ1v) is 3.89. The molecule has 0 aliphatic carbocycles. The number of aromatic nitrogens is 3. The van der Waals surface area contributed by atoms with Crippen molar-refractivity contribution in [2.24, 2.45) is 5.73 Å². The molecule has 4 heteroatoms. The summed E-state index contributed by atoms with van der Waals surface area (Å²) in [6.07, 6.45) is 6.42. The average Bonchev–Trinajstić information content (AvgIpc) is 2.47. The van der Waals surface area contributed by atoms with E-state index in [0.29, 0.717) is 6.54 Å². The van der Waals surface area contributed by atoms with Crippen LogP contribution in [0.15, 0.2) is 24.7 Å². The van der Waals surface area contributed by atoms with E-state index >= 15 is 0 Å². The summed E-state index contributed by atoms with van der Waals surface area (Å²) < 4.78 is 1.89. The first-order chi connectivity index (χ1) is 5.90. The van der Waals surface area contributed by atoms with Gasteiger partial charge in [0.05, 0.1) is 5.69 Å². The largest absolute Gasteiger partial charge is 0.330 e. The topological polar surface area (TPSA) is 56.2 Å². The highest BCUT2D eigenvalue weighted by molar-refractivity contribution is 5.29. The summed E-state index contributed by atoms with van der Waals surface area (Å²) in [5, 5.41) is 0. The number of fused-ring (bicyclic) bond motifs is 1. The summed E-state index contributed by atoms with van der Waals surface area (Å²) in [7, 11) is 0. The Morgan fingerprint density at radius 2 is 2.42 bits per heavy atom. The summed E-state index contributed by atoms with van der Waals surface area (Å²) in [4.78, 5) is 8.37. The minimum absolute atomic E-state index is 0.629. The molecule has 0 aliphatic heterocycles. The Morgan fingerprint density at radius 1 is 1.50 bits per heavy atom. The van der Waals surface area contributed by atoms with Gasteiger partial charge in [-0.15, -0.1) is 0 Å². The van der Waals surface area contributed by atoms with Crippen molar-refractivity contribution >= 4 is 5.78 Å². The molecule has 0 atom stereocenters. The van der Waals surface area contributed by atoms with Gasteiger partial charge < -0.3 is 5.73 Å². The smallest absolute Gasteiger partial charge is 0.233 e. The van der Waals surface area contributed by atoms with Crippen molar-refractivity contribution in [1.29, 1.82) is 0 Å². The van der Waals surface area contributed by atoms with Gasteiger partial charge in [0.25, 0.3) is 0 Å². The predicted molar refractivity (Wildman–Crippen MR) is 45.7 cm³/mol. The molecule has 0 radical (unpaired) electrons. The zero-order valence-corrected chi connectivity index (χ0v) is 6.64. The van der Waals surface area contributed by atoms with Gasteiger partial charge in [-0.1, -0.05) is 0 Å². The van der Waals surface area contributed by atoms with Gasteiger partial charge in [-0.05, 0) is 12.6 Å². The van der Waals surface area contributed by atoms with Gasteiger partial charge >= 0.3 is 0 Å². The number of hydrogen-bond acceptors (Lipinski definition) is 3. The molecule has 0 aliphatic rings. The fourth-order valence-electron chi connectivity index (χ4n) is 1.15. The minimum atomic E-state index is 0.629. The third-order valence-corrected chi connectivity index (χ3v) is 1.69. The Morgan fingerprint density at radius 3 is 3.17 bits per heavy atom. The maximum Gasteiger partial charge on any atom is 0.233 e. The van der Waals surface area contributed by atoms with Gasteiger partial charge in [-0.3, -0.25) is 4.40 Å². The van der Waals surface area contributed by atoms with Crippen molar-refractivity contribution < 1.29 is 0 Å². The Hall–Kier alpha value is -1.42. The molecular weight excluding hydrogens is 152 g/mol. The number of nitrogens with two attached hydrogens (primary N) is 1. The summed E-state index contributed by atoms with van der Waals surface area (Å²) in [6.45, 7) is 0.629. The molecule has 2 heterocycles. The van der Waals surface area contributed by atoms with Crippen LogP contribution in [0, 0.1) is 0 Å². The van der Waals surface area contributed by atoms with Crippen LogP contribution in [0.4, 0.5) is 0 Å². The zero-order chi connectivity index (χ0) is 8.39. The fraction of sp³-hybridized carbons (Fsp3) is 0.250. The monoisotopic (exact) mass is 162 g/mol.